The summed E-state index contributed by atoms with van der Waals surface area (Å²) in [6, 6.07) is 5.33. The van der Waals surface area contributed by atoms with E-state index in [-0.39, 0.29) is 32.7 Å². The summed E-state index contributed by atoms with van der Waals surface area (Å²) >= 11 is 17.4. The van der Waals surface area contributed by atoms with Crippen LogP contribution >= 0.6 is 34.8 Å². The zero-order chi connectivity index (χ0) is 20.3. The average molecular weight is 429 g/mol. The first-order valence-electron chi connectivity index (χ1n) is 7.30. The smallest absolute Gasteiger partial charge is 0.268 e. The molecular formula is C17H12Cl3N3O4. The zero-order valence-electron chi connectivity index (χ0n) is 13.8. The molecule has 10 heteroatoms. The maximum atomic E-state index is 12.6. The van der Waals surface area contributed by atoms with Crippen LogP contribution in [0.15, 0.2) is 34.8 Å². The van der Waals surface area contributed by atoms with Crippen molar-refractivity contribution in [2.75, 3.05) is 7.05 Å². The first-order valence-corrected chi connectivity index (χ1v) is 8.43. The largest absolute Gasteiger partial charge is 0.506 e. The number of amides is 1. The highest BCUT2D eigenvalue weighted by molar-refractivity contribution is 6.37. The Balaban J connectivity index is 2.39. The molecule has 1 aromatic heterocycles. The molecule has 0 aliphatic carbocycles. The predicted octanol–water partition coefficient (Wildman–Crippen LogP) is 3.49. The molecule has 140 valence electrons. The number of phenols is 1. The number of likely N-dealkylation sites (N-methyl/N-ethyl adjacent to an activating group) is 1. The first-order chi connectivity index (χ1) is 12.6. The second-order valence-corrected chi connectivity index (χ2v) is 6.71. The molecule has 3 N–H and O–H groups in total. The van der Waals surface area contributed by atoms with Crippen LogP contribution in [0.1, 0.15) is 11.1 Å². The summed E-state index contributed by atoms with van der Waals surface area (Å²) in [5.74, 6) is -1.90. The summed E-state index contributed by atoms with van der Waals surface area (Å²) in [5, 5.41) is 29.2. The fourth-order valence-corrected chi connectivity index (χ4v) is 2.86. The van der Waals surface area contributed by atoms with Crippen molar-refractivity contribution in [3.05, 3.63) is 66.5 Å². The molecule has 0 atom stereocenters. The Kier molecular flexibility index (Phi) is 6.39. The van der Waals surface area contributed by atoms with Gasteiger partial charge in [0.05, 0.1) is 21.6 Å². The maximum absolute atomic E-state index is 12.6. The molecule has 0 spiro atoms. The molecule has 0 saturated carbocycles. The number of benzene rings is 1. The van der Waals surface area contributed by atoms with Crippen LogP contribution in [-0.4, -0.2) is 33.1 Å². The van der Waals surface area contributed by atoms with Crippen molar-refractivity contribution >= 4 is 46.5 Å². The van der Waals surface area contributed by atoms with E-state index in [1.807, 2.05) is 0 Å². The highest BCUT2D eigenvalue weighted by Crippen LogP contribution is 2.35. The molecule has 0 aliphatic rings. The lowest BCUT2D eigenvalue weighted by atomic mass is 10.1. The fraction of sp³-hybridized carbons (Fsp3) is 0.118. The standard InChI is InChI=1S/C17H12Cl3N3O4/c1-23(7-9-2-10(18)6-22-16(9)26)17(27)11(5-21)14(24)8-3-12(19)15(25)13(20)4-8/h2-4,6,24-25H,7H2,1H3,(H,22,26)/b14-11-. The number of halogens is 3. The Morgan fingerprint density at radius 2 is 1.85 bits per heavy atom. The molecule has 1 amide bonds. The summed E-state index contributed by atoms with van der Waals surface area (Å²) in [6.45, 7) is -0.149. The van der Waals surface area contributed by atoms with Crippen LogP contribution in [0, 0.1) is 11.3 Å². The summed E-state index contributed by atoms with van der Waals surface area (Å²) in [4.78, 5) is 27.8. The van der Waals surface area contributed by atoms with Gasteiger partial charge in [-0.15, -0.1) is 0 Å². The number of aliphatic hydroxyl groups excluding tert-OH is 1. The Morgan fingerprint density at radius 3 is 2.41 bits per heavy atom. The van der Waals surface area contributed by atoms with E-state index in [1.165, 1.54) is 19.3 Å². The van der Waals surface area contributed by atoms with Gasteiger partial charge in [0, 0.05) is 24.4 Å². The van der Waals surface area contributed by atoms with E-state index >= 15 is 0 Å². The summed E-state index contributed by atoms with van der Waals surface area (Å²) < 4.78 is 0. The number of H-pyrrole nitrogens is 1. The Labute approximate surface area is 168 Å². The van der Waals surface area contributed by atoms with Gasteiger partial charge in [0.2, 0.25) is 0 Å². The van der Waals surface area contributed by atoms with Crippen molar-refractivity contribution in [2.45, 2.75) is 6.54 Å². The van der Waals surface area contributed by atoms with Gasteiger partial charge in [-0.1, -0.05) is 34.8 Å². The number of aromatic amines is 1. The first kappa shape index (κ1) is 20.6. The Hall–Kier alpha value is -2.66. The Bertz CT molecular complexity index is 1020. The molecule has 2 rings (SSSR count). The van der Waals surface area contributed by atoms with E-state index in [2.05, 4.69) is 4.98 Å². The van der Waals surface area contributed by atoms with Crippen molar-refractivity contribution in [2.24, 2.45) is 0 Å². The van der Waals surface area contributed by atoms with Gasteiger partial charge >= 0.3 is 0 Å². The number of hydrogen-bond acceptors (Lipinski definition) is 5. The number of rotatable bonds is 4. The highest BCUT2D eigenvalue weighted by atomic mass is 35.5. The number of hydrogen-bond donors (Lipinski definition) is 3. The van der Waals surface area contributed by atoms with Gasteiger partial charge in [0.15, 0.2) is 11.3 Å². The highest BCUT2D eigenvalue weighted by Gasteiger charge is 2.22. The molecule has 7 nitrogen and oxygen atoms in total. The number of aromatic hydroxyl groups is 1. The van der Waals surface area contributed by atoms with Crippen LogP contribution in [0.25, 0.3) is 5.76 Å². The molecule has 1 heterocycles. The molecule has 0 fully saturated rings. The van der Waals surface area contributed by atoms with Gasteiger partial charge in [-0.25, -0.2) is 0 Å². The number of nitriles is 1. The lowest BCUT2D eigenvalue weighted by Crippen LogP contribution is -2.30. The van der Waals surface area contributed by atoms with Gasteiger partial charge in [0.25, 0.3) is 11.5 Å². The second kappa shape index (κ2) is 8.35. The summed E-state index contributed by atoms with van der Waals surface area (Å²) in [5.41, 5.74) is -0.857. The molecule has 2 aromatic rings. The molecule has 0 saturated heterocycles. The van der Waals surface area contributed by atoms with Gasteiger partial charge in [-0.3, -0.25) is 9.59 Å². The Morgan fingerprint density at radius 1 is 1.26 bits per heavy atom. The second-order valence-electron chi connectivity index (χ2n) is 5.46. The minimum absolute atomic E-state index is 0.0262. The van der Waals surface area contributed by atoms with Crippen LogP contribution in [-0.2, 0) is 11.3 Å². The maximum Gasteiger partial charge on any atom is 0.268 e. The van der Waals surface area contributed by atoms with Gasteiger partial charge in [-0.05, 0) is 18.2 Å². The van der Waals surface area contributed by atoms with E-state index in [0.29, 0.717) is 0 Å². The molecule has 0 radical (unpaired) electrons. The number of nitrogens with one attached hydrogen (secondary N) is 1. The predicted molar refractivity (Wildman–Crippen MR) is 102 cm³/mol. The summed E-state index contributed by atoms with van der Waals surface area (Å²) in [6.07, 6.45) is 1.31. The molecule has 27 heavy (non-hydrogen) atoms. The minimum Gasteiger partial charge on any atom is -0.506 e. The topological polar surface area (TPSA) is 117 Å². The molecular weight excluding hydrogens is 417 g/mol. The van der Waals surface area contributed by atoms with Crippen LogP contribution in [0.4, 0.5) is 0 Å². The number of aromatic nitrogens is 1. The molecule has 0 bridgehead atoms. The SMILES string of the molecule is CN(Cc1cc(Cl)c[nH]c1=O)C(=O)/C(C#N)=C(\O)c1cc(Cl)c(O)c(Cl)c1. The van der Waals surface area contributed by atoms with Crippen LogP contribution in [0.5, 0.6) is 5.75 Å². The summed E-state index contributed by atoms with van der Waals surface area (Å²) in [7, 11) is 1.35. The van der Waals surface area contributed by atoms with Gasteiger partial charge in [0.1, 0.15) is 11.8 Å². The van der Waals surface area contributed by atoms with Gasteiger partial charge in [-0.2, -0.15) is 5.26 Å². The quantitative estimate of drug-likeness (QED) is 0.391. The zero-order valence-corrected chi connectivity index (χ0v) is 16.0. The lowest BCUT2D eigenvalue weighted by molar-refractivity contribution is -0.126. The fourth-order valence-electron chi connectivity index (χ4n) is 2.19. The van der Waals surface area contributed by atoms with Crippen molar-refractivity contribution in [1.29, 1.82) is 5.26 Å². The third-order valence-electron chi connectivity index (χ3n) is 3.55. The van der Waals surface area contributed by atoms with Crippen LogP contribution < -0.4 is 5.56 Å². The number of carbonyl (C=O) groups excluding carboxylic acids is 1. The third-order valence-corrected chi connectivity index (χ3v) is 4.35. The molecule has 1 aromatic carbocycles. The van der Waals surface area contributed by atoms with Crippen LogP contribution in [0.3, 0.4) is 0 Å². The van der Waals surface area contributed by atoms with Crippen molar-refractivity contribution < 1.29 is 15.0 Å². The minimum atomic E-state index is -0.838. The van der Waals surface area contributed by atoms with E-state index < -0.39 is 28.5 Å². The molecule has 0 aliphatic heterocycles. The van der Waals surface area contributed by atoms with Crippen LogP contribution in [0.2, 0.25) is 15.1 Å². The third kappa shape index (κ3) is 4.55. The normalized spacial score (nSPS) is 11.5. The van der Waals surface area contributed by atoms with Crippen molar-refractivity contribution in [3.8, 4) is 11.8 Å². The molecule has 0 unspecified atom stereocenters. The van der Waals surface area contributed by atoms with Gasteiger partial charge < -0.3 is 20.1 Å². The van der Waals surface area contributed by atoms with Crippen molar-refractivity contribution in [1.82, 2.24) is 9.88 Å². The van der Waals surface area contributed by atoms with Crippen molar-refractivity contribution in [3.63, 3.8) is 0 Å². The average Bonchev–Trinajstić information content (AvgIpc) is 2.62. The van der Waals surface area contributed by atoms with E-state index in [0.717, 1.165) is 17.0 Å². The number of carbonyl (C=O) groups is 1. The van der Waals surface area contributed by atoms with E-state index in [1.54, 1.807) is 6.07 Å². The number of pyridine rings is 1. The number of phenolic OH excluding ortho intramolecular Hbond substituents is 1. The lowest BCUT2D eigenvalue weighted by Gasteiger charge is -2.17. The number of nitrogens with zero attached hydrogens (tertiary/aromatic N) is 2. The van der Waals surface area contributed by atoms with E-state index in [9.17, 15) is 25.1 Å². The number of aliphatic hydroxyl groups is 1. The monoisotopic (exact) mass is 427 g/mol. The van der Waals surface area contributed by atoms with E-state index in [4.69, 9.17) is 34.8 Å².